The lowest BCUT2D eigenvalue weighted by Crippen LogP contribution is -2.11. The zero-order valence-electron chi connectivity index (χ0n) is 14.7. The fraction of sp³-hybridized carbons (Fsp3) is 0.238. The van der Waals surface area contributed by atoms with Crippen LogP contribution in [-0.2, 0) is 6.42 Å². The van der Waals surface area contributed by atoms with Gasteiger partial charge in [-0.25, -0.2) is 4.98 Å². The predicted octanol–water partition coefficient (Wildman–Crippen LogP) is 5.41. The van der Waals surface area contributed by atoms with Crippen molar-refractivity contribution in [3.05, 3.63) is 72.1 Å². The van der Waals surface area contributed by atoms with Gasteiger partial charge >= 0.3 is 0 Å². The van der Waals surface area contributed by atoms with E-state index in [2.05, 4.69) is 36.2 Å². The van der Waals surface area contributed by atoms with Gasteiger partial charge in [0.25, 0.3) is 0 Å². The lowest BCUT2D eigenvalue weighted by atomic mass is 10.0. The van der Waals surface area contributed by atoms with Crippen molar-refractivity contribution in [2.75, 3.05) is 6.61 Å². The molecule has 0 aliphatic rings. The average Bonchev–Trinajstić information content (AvgIpc) is 3.19. The standard InChI is InChI=1S/C21H22N2O2.ClH/c1-2-16(14-22)15-25-20-9-5-18(6-10-20)13-17-3-7-19(8-4-17)21-23-11-12-24-21;/h3-12,14,16,22H,2,13,15H2,1H3;1H/t16-;/m1./s1. The quantitative estimate of drug-likeness (QED) is 0.539. The minimum Gasteiger partial charge on any atom is -0.493 e. The number of ether oxygens (including phenoxy) is 1. The Kier molecular flexibility index (Phi) is 7.42. The van der Waals surface area contributed by atoms with Crippen LogP contribution >= 0.6 is 12.4 Å². The molecule has 1 aromatic heterocycles. The van der Waals surface area contributed by atoms with E-state index in [9.17, 15) is 0 Å². The third kappa shape index (κ3) is 5.20. The molecule has 0 unspecified atom stereocenters. The molecule has 4 nitrogen and oxygen atoms in total. The number of nitrogens with zero attached hydrogens (tertiary/aromatic N) is 1. The maximum Gasteiger partial charge on any atom is 0.225 e. The minimum atomic E-state index is 0. The Balaban J connectivity index is 0.00000243. The third-order valence-electron chi connectivity index (χ3n) is 4.19. The molecule has 0 saturated carbocycles. The lowest BCUT2D eigenvalue weighted by Gasteiger charge is -2.11. The molecule has 2 aromatic carbocycles. The predicted molar refractivity (Wildman–Crippen MR) is 106 cm³/mol. The number of nitrogens with one attached hydrogen (secondary N) is 1. The van der Waals surface area contributed by atoms with Crippen molar-refractivity contribution in [3.8, 4) is 17.2 Å². The van der Waals surface area contributed by atoms with Gasteiger partial charge in [-0.1, -0.05) is 31.2 Å². The smallest absolute Gasteiger partial charge is 0.225 e. The molecule has 1 atom stereocenters. The third-order valence-corrected chi connectivity index (χ3v) is 4.19. The summed E-state index contributed by atoms with van der Waals surface area (Å²) in [5, 5.41) is 7.33. The Morgan fingerprint density at radius 3 is 2.27 bits per heavy atom. The maximum absolute atomic E-state index is 7.33. The van der Waals surface area contributed by atoms with Crippen LogP contribution in [0.5, 0.6) is 5.75 Å². The fourth-order valence-electron chi connectivity index (χ4n) is 2.56. The minimum absolute atomic E-state index is 0. The highest BCUT2D eigenvalue weighted by molar-refractivity contribution is 5.85. The molecule has 0 saturated heterocycles. The highest BCUT2D eigenvalue weighted by atomic mass is 35.5. The Hall–Kier alpha value is -2.59. The summed E-state index contributed by atoms with van der Waals surface area (Å²) >= 11 is 0. The number of hydrogen-bond donors (Lipinski definition) is 1. The van der Waals surface area contributed by atoms with Gasteiger partial charge in [-0.3, -0.25) is 0 Å². The van der Waals surface area contributed by atoms with Crippen LogP contribution in [0, 0.1) is 11.3 Å². The Bertz CT molecular complexity index is 784. The summed E-state index contributed by atoms with van der Waals surface area (Å²) in [4.78, 5) is 4.16. The molecule has 136 valence electrons. The molecular weight excluding hydrogens is 348 g/mol. The summed E-state index contributed by atoms with van der Waals surface area (Å²) in [6, 6.07) is 16.4. The van der Waals surface area contributed by atoms with Crippen LogP contribution in [0.2, 0.25) is 0 Å². The van der Waals surface area contributed by atoms with Gasteiger partial charge in [0.15, 0.2) is 0 Å². The molecule has 0 fully saturated rings. The first-order valence-electron chi connectivity index (χ1n) is 8.49. The zero-order valence-corrected chi connectivity index (χ0v) is 15.5. The largest absolute Gasteiger partial charge is 0.493 e. The van der Waals surface area contributed by atoms with Crippen molar-refractivity contribution in [2.45, 2.75) is 19.8 Å². The van der Waals surface area contributed by atoms with E-state index in [0.717, 1.165) is 24.2 Å². The number of oxazole rings is 1. The van der Waals surface area contributed by atoms with Crippen molar-refractivity contribution in [3.63, 3.8) is 0 Å². The molecule has 0 amide bonds. The monoisotopic (exact) mass is 370 g/mol. The van der Waals surface area contributed by atoms with Crippen molar-refractivity contribution in [2.24, 2.45) is 5.92 Å². The molecule has 0 aliphatic heterocycles. The van der Waals surface area contributed by atoms with E-state index in [4.69, 9.17) is 14.6 Å². The number of benzene rings is 2. The summed E-state index contributed by atoms with van der Waals surface area (Å²) < 4.78 is 11.1. The van der Waals surface area contributed by atoms with Crippen molar-refractivity contribution in [1.82, 2.24) is 4.98 Å². The normalized spacial score (nSPS) is 11.4. The summed E-state index contributed by atoms with van der Waals surface area (Å²) in [5.41, 5.74) is 3.45. The maximum atomic E-state index is 7.33. The summed E-state index contributed by atoms with van der Waals surface area (Å²) in [6.07, 6.45) is 6.47. The lowest BCUT2D eigenvalue weighted by molar-refractivity contribution is 0.283. The molecule has 26 heavy (non-hydrogen) atoms. The fourth-order valence-corrected chi connectivity index (χ4v) is 2.56. The Labute approximate surface area is 160 Å². The molecule has 3 aromatic rings. The van der Waals surface area contributed by atoms with Crippen LogP contribution in [0.1, 0.15) is 24.5 Å². The van der Waals surface area contributed by atoms with Crippen LogP contribution in [-0.4, -0.2) is 17.8 Å². The highest BCUT2D eigenvalue weighted by Gasteiger charge is 2.05. The van der Waals surface area contributed by atoms with Crippen LogP contribution in [0.15, 0.2) is 65.4 Å². The van der Waals surface area contributed by atoms with Gasteiger partial charge in [0.1, 0.15) is 12.0 Å². The first kappa shape index (κ1) is 19.7. The van der Waals surface area contributed by atoms with Crippen LogP contribution in [0.25, 0.3) is 11.5 Å². The van der Waals surface area contributed by atoms with E-state index >= 15 is 0 Å². The average molecular weight is 371 g/mol. The second-order valence-corrected chi connectivity index (χ2v) is 6.00. The first-order chi connectivity index (χ1) is 12.3. The summed E-state index contributed by atoms with van der Waals surface area (Å²) in [7, 11) is 0. The molecule has 1 heterocycles. The van der Waals surface area contributed by atoms with Crippen LogP contribution in [0.4, 0.5) is 0 Å². The van der Waals surface area contributed by atoms with Gasteiger partial charge in [0.05, 0.1) is 12.8 Å². The molecule has 1 N–H and O–H groups in total. The van der Waals surface area contributed by atoms with E-state index in [1.54, 1.807) is 12.5 Å². The zero-order chi connectivity index (χ0) is 17.5. The first-order valence-corrected chi connectivity index (χ1v) is 8.49. The summed E-state index contributed by atoms with van der Waals surface area (Å²) in [6.45, 7) is 2.62. The van der Waals surface area contributed by atoms with Gasteiger partial charge in [0, 0.05) is 17.7 Å². The van der Waals surface area contributed by atoms with Crippen molar-refractivity contribution in [1.29, 1.82) is 5.41 Å². The number of hydrogen-bond acceptors (Lipinski definition) is 4. The van der Waals surface area contributed by atoms with Gasteiger partial charge in [-0.05, 0) is 48.2 Å². The van der Waals surface area contributed by atoms with Gasteiger partial charge in [-0.2, -0.15) is 0 Å². The van der Waals surface area contributed by atoms with E-state index in [1.807, 2.05) is 24.3 Å². The molecule has 5 heteroatoms. The molecular formula is C21H23ClN2O2. The van der Waals surface area contributed by atoms with Gasteiger partial charge in [-0.15, -0.1) is 12.4 Å². The van der Waals surface area contributed by atoms with E-state index in [1.165, 1.54) is 17.3 Å². The number of aromatic nitrogens is 1. The molecule has 0 bridgehead atoms. The Morgan fingerprint density at radius 2 is 1.73 bits per heavy atom. The molecule has 0 aliphatic carbocycles. The van der Waals surface area contributed by atoms with Crippen LogP contribution < -0.4 is 4.74 Å². The molecule has 0 spiro atoms. The summed E-state index contributed by atoms with van der Waals surface area (Å²) in [5.74, 6) is 1.67. The second-order valence-electron chi connectivity index (χ2n) is 6.00. The van der Waals surface area contributed by atoms with Gasteiger partial charge < -0.3 is 14.6 Å². The molecule has 0 radical (unpaired) electrons. The van der Waals surface area contributed by atoms with E-state index in [0.29, 0.717) is 12.5 Å². The van der Waals surface area contributed by atoms with Crippen molar-refractivity contribution >= 4 is 18.6 Å². The van der Waals surface area contributed by atoms with E-state index < -0.39 is 0 Å². The topological polar surface area (TPSA) is 59.1 Å². The van der Waals surface area contributed by atoms with Crippen LogP contribution in [0.3, 0.4) is 0 Å². The van der Waals surface area contributed by atoms with E-state index in [-0.39, 0.29) is 18.3 Å². The van der Waals surface area contributed by atoms with Gasteiger partial charge in [0.2, 0.25) is 5.89 Å². The van der Waals surface area contributed by atoms with Crippen molar-refractivity contribution < 1.29 is 9.15 Å². The molecule has 3 rings (SSSR count). The second kappa shape index (κ2) is 9.78. The number of rotatable bonds is 8. The SMILES string of the molecule is CC[C@H](C=N)COc1ccc(Cc2ccc(-c3ncco3)cc2)cc1.Cl. The number of halogens is 1. The highest BCUT2D eigenvalue weighted by Crippen LogP contribution is 2.20. The Morgan fingerprint density at radius 1 is 1.08 bits per heavy atom.